The van der Waals surface area contributed by atoms with Gasteiger partial charge in [-0.25, -0.2) is 0 Å². The van der Waals surface area contributed by atoms with Gasteiger partial charge in [0.05, 0.1) is 6.10 Å². The first-order valence-electron chi connectivity index (χ1n) is 5.96. The minimum Gasteiger partial charge on any atom is -0.393 e. The predicted octanol–water partition coefficient (Wildman–Crippen LogP) is 2.60. The number of hydrogen-bond acceptors (Lipinski definition) is 2. The molecule has 1 aliphatic rings. The molecule has 1 aliphatic heterocycles. The van der Waals surface area contributed by atoms with Crippen molar-refractivity contribution in [3.8, 4) is 0 Å². The first kappa shape index (κ1) is 12.0. The van der Waals surface area contributed by atoms with Crippen LogP contribution in [0.5, 0.6) is 0 Å². The lowest BCUT2D eigenvalue weighted by Gasteiger charge is -2.26. The van der Waals surface area contributed by atoms with E-state index in [1.54, 1.807) is 0 Å². The van der Waals surface area contributed by atoms with E-state index in [0.29, 0.717) is 5.92 Å². The van der Waals surface area contributed by atoms with Crippen LogP contribution < -0.4 is 0 Å². The third kappa shape index (κ3) is 4.43. The smallest absolute Gasteiger partial charge is 0.0570 e. The highest BCUT2D eigenvalue weighted by Crippen LogP contribution is 2.22. The standard InChI is InChI=1S/C12H24O2/c1-10(2)4-3-5-12(13)11-6-8-14-9-7-11/h10-13H,3-9H2,1-2H3. The number of aliphatic hydroxyl groups excluding tert-OH is 1. The Labute approximate surface area is 87.7 Å². The first-order chi connectivity index (χ1) is 6.70. The maximum absolute atomic E-state index is 9.93. The zero-order chi connectivity index (χ0) is 10.4. The molecule has 1 unspecified atom stereocenters. The molecular formula is C12H24O2. The van der Waals surface area contributed by atoms with Crippen molar-refractivity contribution < 1.29 is 9.84 Å². The molecule has 14 heavy (non-hydrogen) atoms. The van der Waals surface area contributed by atoms with Crippen molar-refractivity contribution in [2.45, 2.75) is 52.1 Å². The fourth-order valence-corrected chi connectivity index (χ4v) is 2.07. The fraction of sp³-hybridized carbons (Fsp3) is 1.00. The van der Waals surface area contributed by atoms with E-state index in [1.807, 2.05) is 0 Å². The van der Waals surface area contributed by atoms with Crippen LogP contribution in [-0.4, -0.2) is 24.4 Å². The van der Waals surface area contributed by atoms with E-state index in [1.165, 1.54) is 6.42 Å². The van der Waals surface area contributed by atoms with Crippen molar-refractivity contribution in [3.05, 3.63) is 0 Å². The van der Waals surface area contributed by atoms with Gasteiger partial charge in [-0.2, -0.15) is 0 Å². The lowest BCUT2D eigenvalue weighted by Crippen LogP contribution is -2.27. The lowest BCUT2D eigenvalue weighted by atomic mass is 9.90. The summed E-state index contributed by atoms with van der Waals surface area (Å²) in [5, 5.41) is 9.93. The molecule has 1 saturated heterocycles. The van der Waals surface area contributed by atoms with Crippen LogP contribution in [-0.2, 0) is 4.74 Å². The topological polar surface area (TPSA) is 29.5 Å². The summed E-state index contributed by atoms with van der Waals surface area (Å²) in [6.45, 7) is 6.15. The zero-order valence-electron chi connectivity index (χ0n) is 9.54. The van der Waals surface area contributed by atoms with Gasteiger partial charge in [-0.3, -0.25) is 0 Å². The Kier molecular flexibility index (Phi) is 5.49. The van der Waals surface area contributed by atoms with Crippen LogP contribution in [0.25, 0.3) is 0 Å². The Morgan fingerprint density at radius 2 is 1.86 bits per heavy atom. The third-order valence-electron chi connectivity index (χ3n) is 3.09. The van der Waals surface area contributed by atoms with E-state index in [-0.39, 0.29) is 6.10 Å². The van der Waals surface area contributed by atoms with Gasteiger partial charge in [-0.15, -0.1) is 0 Å². The van der Waals surface area contributed by atoms with E-state index in [0.717, 1.165) is 44.8 Å². The molecule has 1 atom stereocenters. The van der Waals surface area contributed by atoms with E-state index >= 15 is 0 Å². The molecule has 0 aliphatic carbocycles. The molecule has 0 aromatic rings. The number of aliphatic hydroxyl groups is 1. The summed E-state index contributed by atoms with van der Waals surface area (Å²) in [6.07, 6.45) is 5.38. The van der Waals surface area contributed by atoms with Gasteiger partial charge in [-0.1, -0.05) is 26.7 Å². The number of hydrogen-bond donors (Lipinski definition) is 1. The summed E-state index contributed by atoms with van der Waals surface area (Å²) in [5.74, 6) is 1.26. The monoisotopic (exact) mass is 200 g/mol. The predicted molar refractivity (Wildman–Crippen MR) is 58.2 cm³/mol. The molecule has 1 rings (SSSR count). The summed E-state index contributed by atoms with van der Waals surface area (Å²) in [6, 6.07) is 0. The summed E-state index contributed by atoms with van der Waals surface area (Å²) in [7, 11) is 0. The number of ether oxygens (including phenoxy) is 1. The Hall–Kier alpha value is -0.0800. The van der Waals surface area contributed by atoms with Crippen molar-refractivity contribution >= 4 is 0 Å². The average Bonchev–Trinajstić information content (AvgIpc) is 2.18. The molecule has 1 N–H and O–H groups in total. The molecule has 84 valence electrons. The second-order valence-electron chi connectivity index (χ2n) is 4.84. The lowest BCUT2D eigenvalue weighted by molar-refractivity contribution is 0.00386. The quantitative estimate of drug-likeness (QED) is 0.739. The molecule has 0 spiro atoms. The van der Waals surface area contributed by atoms with Gasteiger partial charge in [0.1, 0.15) is 0 Å². The van der Waals surface area contributed by atoms with Gasteiger partial charge in [0.15, 0.2) is 0 Å². The Morgan fingerprint density at radius 1 is 1.21 bits per heavy atom. The van der Waals surface area contributed by atoms with E-state index in [2.05, 4.69) is 13.8 Å². The molecular weight excluding hydrogens is 176 g/mol. The van der Waals surface area contributed by atoms with Gasteiger partial charge in [0, 0.05) is 13.2 Å². The normalized spacial score (nSPS) is 21.4. The van der Waals surface area contributed by atoms with Crippen LogP contribution in [0.3, 0.4) is 0 Å². The molecule has 2 heteroatoms. The second kappa shape index (κ2) is 6.41. The highest BCUT2D eigenvalue weighted by atomic mass is 16.5. The zero-order valence-corrected chi connectivity index (χ0v) is 9.54. The largest absolute Gasteiger partial charge is 0.393 e. The average molecular weight is 200 g/mol. The van der Waals surface area contributed by atoms with Gasteiger partial charge in [0.25, 0.3) is 0 Å². The molecule has 0 aromatic heterocycles. The Bertz CT molecular complexity index is 139. The van der Waals surface area contributed by atoms with Crippen LogP contribution in [0.4, 0.5) is 0 Å². The van der Waals surface area contributed by atoms with E-state index < -0.39 is 0 Å². The van der Waals surface area contributed by atoms with Crippen molar-refractivity contribution in [2.75, 3.05) is 13.2 Å². The van der Waals surface area contributed by atoms with Crippen LogP contribution >= 0.6 is 0 Å². The van der Waals surface area contributed by atoms with Crippen LogP contribution in [0, 0.1) is 11.8 Å². The minimum atomic E-state index is -0.0855. The maximum Gasteiger partial charge on any atom is 0.0570 e. The second-order valence-corrected chi connectivity index (χ2v) is 4.84. The summed E-state index contributed by atoms with van der Waals surface area (Å²) in [5.41, 5.74) is 0. The first-order valence-corrected chi connectivity index (χ1v) is 5.96. The van der Waals surface area contributed by atoms with Gasteiger partial charge in [-0.05, 0) is 31.1 Å². The molecule has 0 amide bonds. The summed E-state index contributed by atoms with van der Waals surface area (Å²) >= 11 is 0. The third-order valence-corrected chi connectivity index (χ3v) is 3.09. The molecule has 0 radical (unpaired) electrons. The number of rotatable bonds is 5. The Morgan fingerprint density at radius 3 is 2.43 bits per heavy atom. The van der Waals surface area contributed by atoms with Crippen LogP contribution in [0.2, 0.25) is 0 Å². The highest BCUT2D eigenvalue weighted by Gasteiger charge is 2.21. The highest BCUT2D eigenvalue weighted by molar-refractivity contribution is 4.71. The van der Waals surface area contributed by atoms with Crippen LogP contribution in [0.15, 0.2) is 0 Å². The van der Waals surface area contributed by atoms with E-state index in [4.69, 9.17) is 4.74 Å². The van der Waals surface area contributed by atoms with Crippen molar-refractivity contribution in [1.82, 2.24) is 0 Å². The van der Waals surface area contributed by atoms with Gasteiger partial charge >= 0.3 is 0 Å². The van der Waals surface area contributed by atoms with Crippen molar-refractivity contribution in [1.29, 1.82) is 0 Å². The van der Waals surface area contributed by atoms with Gasteiger partial charge in [0.2, 0.25) is 0 Å². The Balaban J connectivity index is 2.10. The van der Waals surface area contributed by atoms with Crippen LogP contribution in [0.1, 0.15) is 46.0 Å². The maximum atomic E-state index is 9.93. The van der Waals surface area contributed by atoms with Crippen molar-refractivity contribution in [3.63, 3.8) is 0 Å². The van der Waals surface area contributed by atoms with Crippen molar-refractivity contribution in [2.24, 2.45) is 11.8 Å². The fourth-order valence-electron chi connectivity index (χ4n) is 2.07. The molecule has 0 aromatic carbocycles. The summed E-state index contributed by atoms with van der Waals surface area (Å²) < 4.78 is 5.28. The minimum absolute atomic E-state index is 0.0855. The van der Waals surface area contributed by atoms with Gasteiger partial charge < -0.3 is 9.84 Å². The molecule has 2 nitrogen and oxygen atoms in total. The molecule has 0 saturated carbocycles. The SMILES string of the molecule is CC(C)CCCC(O)C1CCOCC1. The molecule has 0 bridgehead atoms. The molecule has 1 heterocycles. The molecule has 1 fully saturated rings. The summed E-state index contributed by atoms with van der Waals surface area (Å²) in [4.78, 5) is 0. The van der Waals surface area contributed by atoms with E-state index in [9.17, 15) is 5.11 Å².